The minimum Gasteiger partial charge on any atom is -0.497 e. The van der Waals surface area contributed by atoms with Gasteiger partial charge in [-0.05, 0) is 50.5 Å². The zero-order chi connectivity index (χ0) is 26.5. The monoisotopic (exact) mass is 546 g/mol. The standard InChI is InChI=1S/C25H31ClN6O4S/c1-16-14-30(11-12-31(16)23(34)17-6-8-18(36-2)9-7-17)21-13-20(26)28-25(29-21)37-15-22(33)32-10-4-3-5-19(27)24(32)35/h6-9,13,16,19H,3-5,10-12,14-15,27H2,1-2H3. The average Bonchev–Trinajstić information content (AvgIpc) is 3.07. The molecular formula is C25H31ClN6O4S. The van der Waals surface area contributed by atoms with Crippen LogP contribution in [0.1, 0.15) is 36.5 Å². The predicted molar refractivity (Wildman–Crippen MR) is 142 cm³/mol. The summed E-state index contributed by atoms with van der Waals surface area (Å²) in [4.78, 5) is 52.2. The van der Waals surface area contributed by atoms with E-state index in [0.717, 1.165) is 24.6 Å². The van der Waals surface area contributed by atoms with Gasteiger partial charge in [0, 0.05) is 43.9 Å². The summed E-state index contributed by atoms with van der Waals surface area (Å²) >= 11 is 7.42. The number of methoxy groups -OCH3 is 1. The zero-order valence-electron chi connectivity index (χ0n) is 20.9. The van der Waals surface area contributed by atoms with Crippen molar-refractivity contribution in [3.8, 4) is 5.75 Å². The van der Waals surface area contributed by atoms with Crippen LogP contribution in [0.2, 0.25) is 5.15 Å². The summed E-state index contributed by atoms with van der Waals surface area (Å²) in [6, 6.07) is 8.06. The third-order valence-electron chi connectivity index (χ3n) is 6.57. The van der Waals surface area contributed by atoms with E-state index in [1.54, 1.807) is 37.4 Å². The number of amides is 3. The van der Waals surface area contributed by atoms with Gasteiger partial charge in [0.1, 0.15) is 16.7 Å². The summed E-state index contributed by atoms with van der Waals surface area (Å²) in [6.45, 7) is 4.03. The third-order valence-corrected chi connectivity index (χ3v) is 7.59. The number of nitrogens with zero attached hydrogens (tertiary/aromatic N) is 5. The van der Waals surface area contributed by atoms with Crippen LogP contribution in [0.15, 0.2) is 35.5 Å². The first-order valence-corrected chi connectivity index (χ1v) is 13.6. The van der Waals surface area contributed by atoms with Crippen molar-refractivity contribution < 1.29 is 19.1 Å². The van der Waals surface area contributed by atoms with E-state index in [9.17, 15) is 14.4 Å². The van der Waals surface area contributed by atoms with Crippen molar-refractivity contribution in [2.75, 3.05) is 43.9 Å². The Labute approximate surface area is 225 Å². The first-order valence-electron chi connectivity index (χ1n) is 12.2. The van der Waals surface area contributed by atoms with E-state index < -0.39 is 6.04 Å². The molecule has 4 rings (SSSR count). The van der Waals surface area contributed by atoms with Gasteiger partial charge in [-0.2, -0.15) is 0 Å². The molecule has 0 radical (unpaired) electrons. The maximum Gasteiger partial charge on any atom is 0.254 e. The van der Waals surface area contributed by atoms with Gasteiger partial charge < -0.3 is 20.3 Å². The molecule has 2 fully saturated rings. The van der Waals surface area contributed by atoms with Gasteiger partial charge in [-0.1, -0.05) is 23.4 Å². The maximum absolute atomic E-state index is 13.1. The number of piperazine rings is 1. The molecule has 198 valence electrons. The molecule has 2 aromatic rings. The lowest BCUT2D eigenvalue weighted by molar-refractivity contribution is -0.143. The second kappa shape index (κ2) is 12.1. The van der Waals surface area contributed by atoms with Gasteiger partial charge in [0.15, 0.2) is 5.16 Å². The molecule has 10 nitrogen and oxygen atoms in total. The number of anilines is 1. The number of likely N-dealkylation sites (tertiary alicyclic amines) is 1. The summed E-state index contributed by atoms with van der Waals surface area (Å²) in [6.07, 6.45) is 2.16. The van der Waals surface area contributed by atoms with E-state index in [0.29, 0.717) is 54.9 Å². The summed E-state index contributed by atoms with van der Waals surface area (Å²) in [7, 11) is 1.59. The van der Waals surface area contributed by atoms with Crippen LogP contribution in [0.5, 0.6) is 5.75 Å². The van der Waals surface area contributed by atoms with Crippen LogP contribution in [0, 0.1) is 0 Å². The Hall–Kier alpha value is -2.89. The van der Waals surface area contributed by atoms with E-state index in [2.05, 4.69) is 14.9 Å². The van der Waals surface area contributed by atoms with Crippen LogP contribution in [-0.2, 0) is 9.59 Å². The number of benzene rings is 1. The summed E-state index contributed by atoms with van der Waals surface area (Å²) in [5, 5.41) is 0.615. The molecule has 2 aliphatic heterocycles. The topological polar surface area (TPSA) is 122 Å². The number of carbonyl (C=O) groups excluding carboxylic acids is 3. The van der Waals surface area contributed by atoms with Gasteiger partial charge >= 0.3 is 0 Å². The molecule has 3 amide bonds. The Kier molecular flexibility index (Phi) is 8.88. The van der Waals surface area contributed by atoms with Crippen molar-refractivity contribution in [3.05, 3.63) is 41.0 Å². The Balaban J connectivity index is 1.38. The number of ether oxygens (including phenoxy) is 1. The fourth-order valence-electron chi connectivity index (χ4n) is 4.50. The normalized spacial score (nSPS) is 20.5. The van der Waals surface area contributed by atoms with Crippen LogP contribution in [-0.4, -0.2) is 88.6 Å². The molecule has 0 bridgehead atoms. The van der Waals surface area contributed by atoms with Gasteiger partial charge in [0.05, 0.1) is 18.9 Å². The second-order valence-corrected chi connectivity index (χ2v) is 10.5. The number of carbonyl (C=O) groups is 3. The number of hydrogen-bond donors (Lipinski definition) is 1. The van der Waals surface area contributed by atoms with E-state index in [1.165, 1.54) is 4.90 Å². The van der Waals surface area contributed by atoms with Crippen molar-refractivity contribution in [2.45, 2.75) is 43.4 Å². The Morgan fingerprint density at radius 2 is 1.92 bits per heavy atom. The minimum atomic E-state index is -0.636. The molecule has 2 atom stereocenters. The largest absolute Gasteiger partial charge is 0.497 e. The Bertz CT molecular complexity index is 1150. The van der Waals surface area contributed by atoms with E-state index >= 15 is 0 Å². The molecule has 2 unspecified atom stereocenters. The number of imide groups is 1. The molecule has 0 aliphatic carbocycles. The van der Waals surface area contributed by atoms with Gasteiger partial charge in [0.25, 0.3) is 5.91 Å². The van der Waals surface area contributed by atoms with E-state index in [1.807, 2.05) is 11.8 Å². The summed E-state index contributed by atoms with van der Waals surface area (Å²) in [5.41, 5.74) is 6.50. The molecule has 1 aromatic heterocycles. The lowest BCUT2D eigenvalue weighted by Crippen LogP contribution is -2.54. The Morgan fingerprint density at radius 3 is 2.62 bits per heavy atom. The van der Waals surface area contributed by atoms with Gasteiger partial charge in [-0.25, -0.2) is 9.97 Å². The zero-order valence-corrected chi connectivity index (χ0v) is 22.5. The molecule has 12 heteroatoms. The predicted octanol–water partition coefficient (Wildman–Crippen LogP) is 2.45. The van der Waals surface area contributed by atoms with Crippen LogP contribution in [0.25, 0.3) is 0 Å². The second-order valence-electron chi connectivity index (χ2n) is 9.13. The quantitative estimate of drug-likeness (QED) is 0.330. The number of halogens is 1. The molecule has 2 N–H and O–H groups in total. The minimum absolute atomic E-state index is 0.0127. The van der Waals surface area contributed by atoms with Crippen molar-refractivity contribution in [1.82, 2.24) is 19.8 Å². The molecule has 37 heavy (non-hydrogen) atoms. The summed E-state index contributed by atoms with van der Waals surface area (Å²) < 4.78 is 5.18. The molecule has 2 saturated heterocycles. The average molecular weight is 547 g/mol. The summed E-state index contributed by atoms with van der Waals surface area (Å²) in [5.74, 6) is 0.675. The van der Waals surface area contributed by atoms with Crippen LogP contribution in [0.3, 0.4) is 0 Å². The number of aromatic nitrogens is 2. The number of thioether (sulfide) groups is 1. The fourth-order valence-corrected chi connectivity index (χ4v) is 5.46. The van der Waals surface area contributed by atoms with Crippen molar-refractivity contribution >= 4 is 46.9 Å². The fraction of sp³-hybridized carbons (Fsp3) is 0.480. The molecule has 0 spiro atoms. The highest BCUT2D eigenvalue weighted by atomic mass is 35.5. The number of rotatable bonds is 6. The van der Waals surface area contributed by atoms with Crippen LogP contribution < -0.4 is 15.4 Å². The third kappa shape index (κ3) is 6.52. The van der Waals surface area contributed by atoms with Gasteiger partial charge in [-0.3, -0.25) is 19.3 Å². The van der Waals surface area contributed by atoms with E-state index in [4.69, 9.17) is 22.1 Å². The number of hydrogen-bond acceptors (Lipinski definition) is 9. The lowest BCUT2D eigenvalue weighted by atomic mass is 10.1. The first kappa shape index (κ1) is 27.2. The highest BCUT2D eigenvalue weighted by molar-refractivity contribution is 7.99. The number of nitrogens with two attached hydrogens (primary N) is 1. The lowest BCUT2D eigenvalue weighted by Gasteiger charge is -2.40. The first-order chi connectivity index (χ1) is 17.8. The Morgan fingerprint density at radius 1 is 1.16 bits per heavy atom. The highest BCUT2D eigenvalue weighted by Gasteiger charge is 2.30. The molecular weight excluding hydrogens is 516 g/mol. The highest BCUT2D eigenvalue weighted by Crippen LogP contribution is 2.25. The van der Waals surface area contributed by atoms with Crippen molar-refractivity contribution in [3.63, 3.8) is 0 Å². The molecule has 3 heterocycles. The smallest absolute Gasteiger partial charge is 0.254 e. The van der Waals surface area contributed by atoms with E-state index in [-0.39, 0.29) is 34.7 Å². The molecule has 0 saturated carbocycles. The van der Waals surface area contributed by atoms with Crippen molar-refractivity contribution in [2.24, 2.45) is 5.73 Å². The SMILES string of the molecule is COc1ccc(C(=O)N2CCN(c3cc(Cl)nc(SCC(=O)N4CCCCC(N)C4=O)n3)CC2C)cc1. The molecule has 1 aromatic carbocycles. The van der Waals surface area contributed by atoms with Gasteiger partial charge in [0.2, 0.25) is 11.8 Å². The van der Waals surface area contributed by atoms with Crippen LogP contribution >= 0.6 is 23.4 Å². The molecule has 2 aliphatic rings. The van der Waals surface area contributed by atoms with Gasteiger partial charge in [-0.15, -0.1) is 0 Å². The van der Waals surface area contributed by atoms with Crippen molar-refractivity contribution in [1.29, 1.82) is 0 Å². The maximum atomic E-state index is 13.1. The van der Waals surface area contributed by atoms with Crippen LogP contribution in [0.4, 0.5) is 5.82 Å².